The molecule has 3 aliphatic rings. The Morgan fingerprint density at radius 2 is 1.73 bits per heavy atom. The van der Waals surface area contributed by atoms with Crippen LogP contribution in [0.3, 0.4) is 0 Å². The van der Waals surface area contributed by atoms with Gasteiger partial charge in [0.25, 0.3) is 0 Å². The SMILES string of the molecule is C=C(N)C1=C(C)C[C@]2(C)C[C@]3(C)Cc4c(C)cc(C)c(C)c4C(=C)C3=C(S)C2C1=C. The number of aryl methyl sites for hydroxylation is 2. The lowest BCUT2D eigenvalue weighted by atomic mass is 9.49. The van der Waals surface area contributed by atoms with E-state index in [9.17, 15) is 0 Å². The fourth-order valence-corrected chi connectivity index (χ4v) is 8.04. The molecule has 158 valence electrons. The zero-order chi connectivity index (χ0) is 22.3. The predicted molar refractivity (Wildman–Crippen MR) is 134 cm³/mol. The van der Waals surface area contributed by atoms with Gasteiger partial charge in [-0.1, -0.05) is 45.2 Å². The van der Waals surface area contributed by atoms with Crippen molar-refractivity contribution in [1.29, 1.82) is 0 Å². The minimum atomic E-state index is 0.0245. The largest absolute Gasteiger partial charge is 0.399 e. The number of hydrogen-bond donors (Lipinski definition) is 2. The average molecular weight is 418 g/mol. The van der Waals surface area contributed by atoms with Gasteiger partial charge in [0.2, 0.25) is 0 Å². The maximum atomic E-state index is 6.19. The van der Waals surface area contributed by atoms with Crippen LogP contribution < -0.4 is 5.73 Å². The normalized spacial score (nSPS) is 30.8. The van der Waals surface area contributed by atoms with Crippen LogP contribution >= 0.6 is 12.6 Å². The monoisotopic (exact) mass is 417 g/mol. The van der Waals surface area contributed by atoms with Gasteiger partial charge >= 0.3 is 0 Å². The van der Waals surface area contributed by atoms with Gasteiger partial charge in [-0.2, -0.15) is 0 Å². The minimum absolute atomic E-state index is 0.0245. The molecule has 0 spiro atoms. The van der Waals surface area contributed by atoms with Gasteiger partial charge < -0.3 is 5.73 Å². The summed E-state index contributed by atoms with van der Waals surface area (Å²) in [4.78, 5) is 1.14. The van der Waals surface area contributed by atoms with Crippen LogP contribution in [-0.2, 0) is 6.42 Å². The molecule has 0 aliphatic heterocycles. The van der Waals surface area contributed by atoms with Crippen molar-refractivity contribution >= 4 is 18.2 Å². The van der Waals surface area contributed by atoms with E-state index in [1.807, 2.05) is 0 Å². The van der Waals surface area contributed by atoms with Crippen molar-refractivity contribution < 1.29 is 0 Å². The topological polar surface area (TPSA) is 26.0 Å². The van der Waals surface area contributed by atoms with Crippen molar-refractivity contribution in [2.75, 3.05) is 0 Å². The third-order valence-electron chi connectivity index (χ3n) is 8.06. The molecule has 2 heteroatoms. The van der Waals surface area contributed by atoms with Gasteiger partial charge in [-0.25, -0.2) is 0 Å². The first-order valence-corrected chi connectivity index (χ1v) is 11.3. The highest BCUT2D eigenvalue weighted by molar-refractivity contribution is 7.84. The molecule has 30 heavy (non-hydrogen) atoms. The van der Waals surface area contributed by atoms with Gasteiger partial charge in [0.1, 0.15) is 0 Å². The van der Waals surface area contributed by atoms with Gasteiger partial charge in [-0.15, -0.1) is 12.6 Å². The molecule has 1 unspecified atom stereocenters. The highest BCUT2D eigenvalue weighted by Gasteiger charge is 2.54. The standard InChI is InChI=1S/C28H35NS/c1-14-10-15(2)21-12-28(9)13-27(8)11-16(3)22(20(7)29)18(5)24(27)26(30)25(28)19(6)23(21)17(14)4/h10,24,30H,5-7,11-13,29H2,1-4,8-9H3/t24?,27-,28+/m1/s1. The van der Waals surface area contributed by atoms with Gasteiger partial charge in [0.15, 0.2) is 0 Å². The molecular formula is C28H35NS. The van der Waals surface area contributed by atoms with Crippen molar-refractivity contribution in [2.45, 2.75) is 60.8 Å². The summed E-state index contributed by atoms with van der Waals surface area (Å²) in [5.74, 6) is 0.160. The lowest BCUT2D eigenvalue weighted by molar-refractivity contribution is 0.125. The van der Waals surface area contributed by atoms with Crippen molar-refractivity contribution in [1.82, 2.24) is 0 Å². The van der Waals surface area contributed by atoms with E-state index in [4.69, 9.17) is 18.4 Å². The Morgan fingerprint density at radius 3 is 2.33 bits per heavy atom. The maximum Gasteiger partial charge on any atom is 0.0316 e. The molecule has 1 aromatic rings. The lowest BCUT2D eigenvalue weighted by Crippen LogP contribution is -2.46. The Kier molecular flexibility index (Phi) is 4.64. The summed E-state index contributed by atoms with van der Waals surface area (Å²) in [7, 11) is 0. The highest BCUT2D eigenvalue weighted by Crippen LogP contribution is 2.65. The van der Waals surface area contributed by atoms with E-state index in [1.165, 1.54) is 39.0 Å². The number of fused-ring (bicyclic) bond motifs is 3. The molecule has 3 atom stereocenters. The second-order valence-corrected chi connectivity index (χ2v) is 11.1. The molecule has 0 aromatic heterocycles. The summed E-state index contributed by atoms with van der Waals surface area (Å²) in [6, 6.07) is 2.34. The van der Waals surface area contributed by atoms with E-state index in [0.29, 0.717) is 5.70 Å². The van der Waals surface area contributed by atoms with Crippen molar-refractivity contribution in [3.8, 4) is 0 Å². The molecule has 0 amide bonds. The number of benzene rings is 1. The Labute approximate surface area is 187 Å². The van der Waals surface area contributed by atoms with Crippen LogP contribution in [0.15, 0.2) is 58.7 Å². The molecule has 0 heterocycles. The third-order valence-corrected chi connectivity index (χ3v) is 8.54. The molecule has 0 radical (unpaired) electrons. The molecule has 3 aliphatic carbocycles. The van der Waals surface area contributed by atoms with Crippen molar-refractivity contribution in [3.63, 3.8) is 0 Å². The number of hydrogen-bond acceptors (Lipinski definition) is 2. The Balaban J connectivity index is 1.98. The predicted octanol–water partition coefficient (Wildman–Crippen LogP) is 7.15. The molecule has 0 fully saturated rings. The third kappa shape index (κ3) is 2.69. The van der Waals surface area contributed by atoms with Crippen LogP contribution in [-0.4, -0.2) is 0 Å². The Hall–Kier alpha value is -1.93. The summed E-state index contributed by atoms with van der Waals surface area (Å²) in [5.41, 5.74) is 19.7. The zero-order valence-electron chi connectivity index (χ0n) is 19.4. The lowest BCUT2D eigenvalue weighted by Gasteiger charge is -2.56. The maximum absolute atomic E-state index is 6.19. The first-order chi connectivity index (χ1) is 13.8. The molecular weight excluding hydrogens is 382 g/mol. The molecule has 4 rings (SSSR count). The first-order valence-electron chi connectivity index (χ1n) is 10.9. The van der Waals surface area contributed by atoms with Crippen LogP contribution in [0.25, 0.3) is 5.57 Å². The number of rotatable bonds is 1. The van der Waals surface area contributed by atoms with Gasteiger partial charge in [-0.05, 0) is 113 Å². The van der Waals surface area contributed by atoms with Crippen LogP contribution in [0.5, 0.6) is 0 Å². The summed E-state index contributed by atoms with van der Waals surface area (Å²) < 4.78 is 0. The quantitative estimate of drug-likeness (QED) is 0.466. The summed E-state index contributed by atoms with van der Waals surface area (Å²) in [5, 5.41) is 0. The van der Waals surface area contributed by atoms with Crippen LogP contribution in [0.1, 0.15) is 61.4 Å². The van der Waals surface area contributed by atoms with Gasteiger partial charge in [0.05, 0.1) is 0 Å². The fourth-order valence-electron chi connectivity index (χ4n) is 7.17. The zero-order valence-corrected chi connectivity index (χ0v) is 20.3. The van der Waals surface area contributed by atoms with Gasteiger partial charge in [-0.3, -0.25) is 0 Å². The number of allylic oxidation sites excluding steroid dienone is 5. The fraction of sp³-hybridized carbons (Fsp3) is 0.429. The Morgan fingerprint density at radius 1 is 1.10 bits per heavy atom. The molecule has 0 bridgehead atoms. The van der Waals surface area contributed by atoms with E-state index < -0.39 is 0 Å². The van der Waals surface area contributed by atoms with Crippen LogP contribution in [0.2, 0.25) is 0 Å². The highest BCUT2D eigenvalue weighted by atomic mass is 32.1. The smallest absolute Gasteiger partial charge is 0.0316 e. The van der Waals surface area contributed by atoms with E-state index >= 15 is 0 Å². The van der Waals surface area contributed by atoms with E-state index in [0.717, 1.165) is 40.9 Å². The molecule has 1 aromatic carbocycles. The number of nitrogens with two attached hydrogens (primary N) is 1. The average Bonchev–Trinajstić information content (AvgIpc) is 2.57. The Bertz CT molecular complexity index is 1110. The van der Waals surface area contributed by atoms with Crippen molar-refractivity contribution in [2.24, 2.45) is 22.5 Å². The summed E-state index contributed by atoms with van der Waals surface area (Å²) in [6.45, 7) is 26.9. The number of thiol groups is 1. The molecule has 2 N–H and O–H groups in total. The summed E-state index contributed by atoms with van der Waals surface area (Å²) in [6.07, 6.45) is 3.14. The van der Waals surface area contributed by atoms with Crippen LogP contribution in [0, 0.1) is 37.5 Å². The van der Waals surface area contributed by atoms with Gasteiger partial charge in [0, 0.05) is 11.6 Å². The molecule has 0 saturated heterocycles. The van der Waals surface area contributed by atoms with E-state index in [2.05, 4.69) is 67.3 Å². The second-order valence-electron chi connectivity index (χ2n) is 10.6. The molecule has 0 saturated carbocycles. The first kappa shape index (κ1) is 21.3. The second kappa shape index (κ2) is 6.53. The van der Waals surface area contributed by atoms with Crippen LogP contribution in [0.4, 0.5) is 0 Å². The molecule has 1 nitrogen and oxygen atoms in total. The van der Waals surface area contributed by atoms with E-state index in [1.54, 1.807) is 0 Å². The van der Waals surface area contributed by atoms with Crippen molar-refractivity contribution in [3.05, 3.63) is 86.5 Å². The minimum Gasteiger partial charge on any atom is -0.399 e. The van der Waals surface area contributed by atoms with E-state index in [-0.39, 0.29) is 16.7 Å². The summed E-state index contributed by atoms with van der Waals surface area (Å²) >= 11 is 5.21.